The van der Waals surface area contributed by atoms with E-state index in [0.29, 0.717) is 13.2 Å². The minimum absolute atomic E-state index is 0. The van der Waals surface area contributed by atoms with Crippen molar-refractivity contribution in [2.45, 2.75) is 52.7 Å². The predicted molar refractivity (Wildman–Crippen MR) is 116 cm³/mol. The first-order chi connectivity index (χ1) is 12.2. The summed E-state index contributed by atoms with van der Waals surface area (Å²) in [5.74, 6) is 0.844. The Hall–Kier alpha value is -0.870. The van der Waals surface area contributed by atoms with E-state index in [2.05, 4.69) is 40.6 Å². The average molecular weight is 479 g/mol. The first-order valence-corrected chi connectivity index (χ1v) is 9.41. The van der Waals surface area contributed by atoms with Gasteiger partial charge < -0.3 is 20.1 Å². The molecule has 0 saturated carbocycles. The number of ether oxygens (including phenoxy) is 2. The third-order valence-corrected chi connectivity index (χ3v) is 4.11. The quantitative estimate of drug-likeness (QED) is 0.233. The lowest BCUT2D eigenvalue weighted by Crippen LogP contribution is -2.39. The van der Waals surface area contributed by atoms with Crippen LogP contribution in [0.2, 0.25) is 0 Å². The van der Waals surface area contributed by atoms with Gasteiger partial charge in [-0.2, -0.15) is 5.10 Å². The number of halogens is 1. The Morgan fingerprint density at radius 3 is 2.92 bits per heavy atom. The maximum atomic E-state index is 5.66. The van der Waals surface area contributed by atoms with Gasteiger partial charge in [0.25, 0.3) is 0 Å². The fraction of sp³-hybridized carbons (Fsp3) is 0.778. The van der Waals surface area contributed by atoms with Crippen LogP contribution >= 0.6 is 24.0 Å². The van der Waals surface area contributed by atoms with Gasteiger partial charge in [-0.15, -0.1) is 24.0 Å². The summed E-state index contributed by atoms with van der Waals surface area (Å²) >= 11 is 0. The zero-order chi connectivity index (χ0) is 17.9. The fourth-order valence-electron chi connectivity index (χ4n) is 2.89. The number of aryl methyl sites for hydroxylation is 3. The molecule has 0 amide bonds. The SMILES string of the molecule is CCNC(=NCCCn1nc(C)cc1C)NCCOCC1CCCO1.I. The molecule has 1 saturated heterocycles. The Bertz CT molecular complexity index is 530. The highest BCUT2D eigenvalue weighted by molar-refractivity contribution is 14.0. The van der Waals surface area contributed by atoms with Gasteiger partial charge in [0.1, 0.15) is 0 Å². The Morgan fingerprint density at radius 1 is 1.42 bits per heavy atom. The smallest absolute Gasteiger partial charge is 0.191 e. The molecule has 26 heavy (non-hydrogen) atoms. The molecular formula is C18H34IN5O2. The number of rotatable bonds is 10. The molecular weight excluding hydrogens is 445 g/mol. The number of nitrogens with one attached hydrogen (secondary N) is 2. The molecule has 1 aliphatic rings. The van der Waals surface area contributed by atoms with Crippen molar-refractivity contribution in [3.8, 4) is 0 Å². The highest BCUT2D eigenvalue weighted by Crippen LogP contribution is 2.11. The van der Waals surface area contributed by atoms with Crippen molar-refractivity contribution >= 4 is 29.9 Å². The second-order valence-corrected chi connectivity index (χ2v) is 6.40. The fourth-order valence-corrected chi connectivity index (χ4v) is 2.89. The molecule has 7 nitrogen and oxygen atoms in total. The molecule has 1 fully saturated rings. The molecule has 0 aromatic carbocycles. The van der Waals surface area contributed by atoms with E-state index >= 15 is 0 Å². The summed E-state index contributed by atoms with van der Waals surface area (Å²) in [7, 11) is 0. The Labute approximate surface area is 174 Å². The van der Waals surface area contributed by atoms with E-state index < -0.39 is 0 Å². The van der Waals surface area contributed by atoms with E-state index in [9.17, 15) is 0 Å². The van der Waals surface area contributed by atoms with E-state index in [1.54, 1.807) is 0 Å². The van der Waals surface area contributed by atoms with Crippen LogP contribution in [-0.2, 0) is 16.0 Å². The normalized spacial score (nSPS) is 17.2. The van der Waals surface area contributed by atoms with Crippen LogP contribution in [0.15, 0.2) is 11.1 Å². The first kappa shape index (κ1) is 23.2. The number of hydrogen-bond acceptors (Lipinski definition) is 4. The molecule has 1 atom stereocenters. The van der Waals surface area contributed by atoms with E-state index in [-0.39, 0.29) is 30.1 Å². The van der Waals surface area contributed by atoms with E-state index in [1.807, 2.05) is 11.6 Å². The van der Waals surface area contributed by atoms with Crippen LogP contribution in [0.3, 0.4) is 0 Å². The molecule has 0 spiro atoms. The van der Waals surface area contributed by atoms with Gasteiger partial charge in [-0.1, -0.05) is 0 Å². The second-order valence-electron chi connectivity index (χ2n) is 6.40. The van der Waals surface area contributed by atoms with Gasteiger partial charge in [-0.25, -0.2) is 0 Å². The summed E-state index contributed by atoms with van der Waals surface area (Å²) < 4.78 is 13.3. The lowest BCUT2D eigenvalue weighted by Gasteiger charge is -2.13. The molecule has 1 unspecified atom stereocenters. The standard InChI is InChI=1S/C18H33N5O2.HI/c1-4-19-18(21-9-12-24-14-17-7-5-11-25-17)20-8-6-10-23-16(3)13-15(2)22-23;/h13,17H,4-12,14H2,1-3H3,(H2,19,20,21);1H. The minimum Gasteiger partial charge on any atom is -0.377 e. The van der Waals surface area contributed by atoms with Gasteiger partial charge in [0.15, 0.2) is 5.96 Å². The average Bonchev–Trinajstić information content (AvgIpc) is 3.20. The van der Waals surface area contributed by atoms with Gasteiger partial charge in [0, 0.05) is 38.5 Å². The minimum atomic E-state index is 0. The number of nitrogens with zero attached hydrogens (tertiary/aromatic N) is 3. The number of aliphatic imine (C=N–C) groups is 1. The lowest BCUT2D eigenvalue weighted by atomic mass is 10.2. The third kappa shape index (κ3) is 8.68. The van der Waals surface area contributed by atoms with Gasteiger partial charge in [-0.05, 0) is 46.1 Å². The van der Waals surface area contributed by atoms with Crippen molar-refractivity contribution in [3.63, 3.8) is 0 Å². The molecule has 1 aliphatic heterocycles. The van der Waals surface area contributed by atoms with Crippen LogP contribution in [0.5, 0.6) is 0 Å². The van der Waals surface area contributed by atoms with Crippen molar-refractivity contribution in [3.05, 3.63) is 17.5 Å². The van der Waals surface area contributed by atoms with Crippen LogP contribution in [0.1, 0.15) is 37.6 Å². The van der Waals surface area contributed by atoms with Crippen LogP contribution in [-0.4, -0.2) is 61.3 Å². The van der Waals surface area contributed by atoms with Crippen molar-refractivity contribution in [1.29, 1.82) is 0 Å². The van der Waals surface area contributed by atoms with Crippen molar-refractivity contribution in [2.24, 2.45) is 4.99 Å². The first-order valence-electron chi connectivity index (χ1n) is 9.41. The molecule has 2 rings (SSSR count). The summed E-state index contributed by atoms with van der Waals surface area (Å²) in [6, 6.07) is 2.10. The molecule has 0 bridgehead atoms. The summed E-state index contributed by atoms with van der Waals surface area (Å²) in [6.45, 7) is 11.7. The predicted octanol–water partition coefficient (Wildman–Crippen LogP) is 2.26. The molecule has 150 valence electrons. The van der Waals surface area contributed by atoms with E-state index in [0.717, 1.165) is 63.7 Å². The lowest BCUT2D eigenvalue weighted by molar-refractivity contribution is 0.0191. The van der Waals surface area contributed by atoms with Gasteiger partial charge in [0.05, 0.1) is 25.0 Å². The van der Waals surface area contributed by atoms with Crippen molar-refractivity contribution < 1.29 is 9.47 Å². The van der Waals surface area contributed by atoms with E-state index in [4.69, 9.17) is 9.47 Å². The summed E-state index contributed by atoms with van der Waals surface area (Å²) in [6.07, 6.45) is 3.53. The number of hydrogen-bond donors (Lipinski definition) is 2. The largest absolute Gasteiger partial charge is 0.377 e. The zero-order valence-electron chi connectivity index (χ0n) is 16.3. The molecule has 2 heterocycles. The molecule has 0 radical (unpaired) electrons. The van der Waals surface area contributed by atoms with Crippen LogP contribution < -0.4 is 10.6 Å². The van der Waals surface area contributed by atoms with Crippen molar-refractivity contribution in [2.75, 3.05) is 39.5 Å². The van der Waals surface area contributed by atoms with Gasteiger partial charge >= 0.3 is 0 Å². The van der Waals surface area contributed by atoms with Gasteiger partial charge in [0.2, 0.25) is 0 Å². The maximum Gasteiger partial charge on any atom is 0.191 e. The molecule has 0 aliphatic carbocycles. The highest BCUT2D eigenvalue weighted by Gasteiger charge is 2.14. The zero-order valence-corrected chi connectivity index (χ0v) is 18.6. The molecule has 1 aromatic rings. The third-order valence-electron chi connectivity index (χ3n) is 4.11. The van der Waals surface area contributed by atoms with Gasteiger partial charge in [-0.3, -0.25) is 9.67 Å². The molecule has 2 N–H and O–H groups in total. The maximum absolute atomic E-state index is 5.66. The number of aromatic nitrogens is 2. The summed E-state index contributed by atoms with van der Waals surface area (Å²) in [4.78, 5) is 4.61. The Morgan fingerprint density at radius 2 is 2.27 bits per heavy atom. The second kappa shape index (κ2) is 13.3. The van der Waals surface area contributed by atoms with Crippen molar-refractivity contribution in [1.82, 2.24) is 20.4 Å². The summed E-state index contributed by atoms with van der Waals surface area (Å²) in [5, 5.41) is 11.1. The highest BCUT2D eigenvalue weighted by atomic mass is 127. The Balaban J connectivity index is 0.00000338. The topological polar surface area (TPSA) is 72.7 Å². The summed E-state index contributed by atoms with van der Waals surface area (Å²) in [5.41, 5.74) is 2.27. The molecule has 1 aromatic heterocycles. The van der Waals surface area contributed by atoms with Crippen LogP contribution in [0, 0.1) is 13.8 Å². The van der Waals surface area contributed by atoms with Crippen LogP contribution in [0.4, 0.5) is 0 Å². The monoisotopic (exact) mass is 479 g/mol. The Kier molecular flexibility index (Phi) is 11.9. The van der Waals surface area contributed by atoms with Crippen LogP contribution in [0.25, 0.3) is 0 Å². The molecule has 8 heteroatoms. The number of guanidine groups is 1. The van der Waals surface area contributed by atoms with E-state index in [1.165, 1.54) is 5.69 Å².